The molecule has 0 amide bonds. The number of aromatic nitrogens is 1. The van der Waals surface area contributed by atoms with E-state index < -0.39 is 31.2 Å². The van der Waals surface area contributed by atoms with Gasteiger partial charge in [0.05, 0.1) is 26.6 Å². The Morgan fingerprint density at radius 1 is 0.852 bits per heavy atom. The maximum absolute atomic E-state index is 12.6. The summed E-state index contributed by atoms with van der Waals surface area (Å²) < 4.78 is 50.9. The molecule has 0 aliphatic rings. The zero-order chi connectivity index (χ0) is 19.9. The van der Waals surface area contributed by atoms with Gasteiger partial charge in [-0.2, -0.15) is 0 Å². The minimum absolute atomic E-state index is 0.0398. The normalized spacial score (nSPS) is 13.1. The molecule has 0 spiro atoms. The molecule has 1 heterocycles. The van der Waals surface area contributed by atoms with E-state index in [0.717, 1.165) is 21.6 Å². The number of nitrogens with zero attached hydrogens (tertiary/aromatic N) is 1. The lowest BCUT2D eigenvalue weighted by atomic mass is 9.87. The Bertz CT molecular complexity index is 1140. The van der Waals surface area contributed by atoms with Crippen LogP contribution in [0.25, 0.3) is 10.2 Å². The van der Waals surface area contributed by atoms with Gasteiger partial charge in [-0.25, -0.2) is 21.8 Å². The summed E-state index contributed by atoms with van der Waals surface area (Å²) >= 11 is 1.06. The Morgan fingerprint density at radius 2 is 1.44 bits per heavy atom. The summed E-state index contributed by atoms with van der Waals surface area (Å²) in [5, 5.41) is 0. The van der Waals surface area contributed by atoms with Gasteiger partial charge in [-0.1, -0.05) is 45.0 Å². The number of rotatable bonds is 5. The van der Waals surface area contributed by atoms with Crippen LogP contribution in [0.5, 0.6) is 0 Å². The smallest absolute Gasteiger partial charge is 0.210 e. The van der Waals surface area contributed by atoms with Crippen molar-refractivity contribution in [3.8, 4) is 0 Å². The largest absolute Gasteiger partial charge is 0.225 e. The Balaban J connectivity index is 1.79. The zero-order valence-corrected chi connectivity index (χ0v) is 17.8. The van der Waals surface area contributed by atoms with Crippen LogP contribution >= 0.6 is 11.3 Å². The summed E-state index contributed by atoms with van der Waals surface area (Å²) in [6, 6.07) is 13.7. The van der Waals surface area contributed by atoms with Gasteiger partial charge in [0.15, 0.2) is 9.84 Å². The highest BCUT2D eigenvalue weighted by atomic mass is 32.2. The summed E-state index contributed by atoms with van der Waals surface area (Å²) in [4.78, 5) is 4.27. The second-order valence-corrected chi connectivity index (χ2v) is 12.8. The van der Waals surface area contributed by atoms with E-state index in [4.69, 9.17) is 0 Å². The summed E-state index contributed by atoms with van der Waals surface area (Å²) in [7, 11) is -7.46. The number of benzene rings is 2. The first-order chi connectivity index (χ1) is 12.5. The predicted molar refractivity (Wildman–Crippen MR) is 109 cm³/mol. The van der Waals surface area contributed by atoms with Crippen molar-refractivity contribution in [3.05, 3.63) is 54.1 Å². The molecule has 0 radical (unpaired) electrons. The van der Waals surface area contributed by atoms with Gasteiger partial charge in [0, 0.05) is 0 Å². The fourth-order valence-electron chi connectivity index (χ4n) is 2.57. The number of fused-ring (bicyclic) bond motifs is 1. The molecule has 3 aromatic rings. The molecule has 0 atom stereocenters. The van der Waals surface area contributed by atoms with Crippen LogP contribution in [0.1, 0.15) is 26.3 Å². The summed E-state index contributed by atoms with van der Waals surface area (Å²) in [6.45, 7) is 6.13. The van der Waals surface area contributed by atoms with Crippen molar-refractivity contribution in [2.24, 2.45) is 0 Å². The van der Waals surface area contributed by atoms with Crippen LogP contribution < -0.4 is 0 Å². The molecule has 3 rings (SSSR count). The van der Waals surface area contributed by atoms with Crippen molar-refractivity contribution >= 4 is 41.2 Å². The minimum atomic E-state index is -3.77. The first-order valence-corrected chi connectivity index (χ1v) is 12.5. The van der Waals surface area contributed by atoms with Crippen molar-refractivity contribution in [3.63, 3.8) is 0 Å². The number of hydrogen-bond acceptors (Lipinski definition) is 6. The number of hydrogen-bond donors (Lipinski definition) is 0. The van der Waals surface area contributed by atoms with Crippen LogP contribution in [0, 0.1) is 0 Å². The fraction of sp³-hybridized carbons (Fsp3) is 0.316. The molecule has 0 bridgehead atoms. The van der Waals surface area contributed by atoms with Gasteiger partial charge < -0.3 is 0 Å². The molecule has 8 heteroatoms. The van der Waals surface area contributed by atoms with Gasteiger partial charge in [0.1, 0.15) is 0 Å². The van der Waals surface area contributed by atoms with E-state index in [-0.39, 0.29) is 14.7 Å². The van der Waals surface area contributed by atoms with Crippen LogP contribution in [0.3, 0.4) is 0 Å². The molecule has 5 nitrogen and oxygen atoms in total. The lowest BCUT2D eigenvalue weighted by Gasteiger charge is -2.19. The molecule has 0 N–H and O–H groups in total. The molecule has 0 fully saturated rings. The second-order valence-electron chi connectivity index (χ2n) is 7.36. The van der Waals surface area contributed by atoms with E-state index in [9.17, 15) is 16.8 Å². The van der Waals surface area contributed by atoms with E-state index in [1.54, 1.807) is 42.5 Å². The van der Waals surface area contributed by atoms with Gasteiger partial charge in [0.25, 0.3) is 0 Å². The highest BCUT2D eigenvalue weighted by molar-refractivity contribution is 7.96. The first-order valence-electron chi connectivity index (χ1n) is 8.41. The number of sulfone groups is 2. The Hall–Kier alpha value is -1.77. The maximum Gasteiger partial charge on any atom is 0.210 e. The van der Waals surface area contributed by atoms with Gasteiger partial charge in [-0.05, 0) is 35.2 Å². The quantitative estimate of drug-likeness (QED) is 0.623. The van der Waals surface area contributed by atoms with Crippen molar-refractivity contribution in [1.29, 1.82) is 0 Å². The van der Waals surface area contributed by atoms with Gasteiger partial charge in [-0.3, -0.25) is 0 Å². The SMILES string of the molecule is CC(C)(C)c1ccc(S(=O)(=O)CCS(=O)(=O)c2nc3ccccc3s2)cc1. The Kier molecular flexibility index (Phi) is 5.18. The minimum Gasteiger partial charge on any atom is -0.225 e. The van der Waals surface area contributed by atoms with Crippen LogP contribution in [0.4, 0.5) is 0 Å². The molecule has 0 saturated heterocycles. The lowest BCUT2D eigenvalue weighted by Crippen LogP contribution is -2.18. The third kappa shape index (κ3) is 4.39. The Morgan fingerprint density at radius 3 is 2.04 bits per heavy atom. The average Bonchev–Trinajstić information content (AvgIpc) is 3.05. The summed E-state index contributed by atoms with van der Waals surface area (Å²) in [6.07, 6.45) is 0. The van der Waals surface area contributed by atoms with Crippen LogP contribution in [-0.2, 0) is 25.1 Å². The molecule has 144 valence electrons. The van der Waals surface area contributed by atoms with Crippen molar-refractivity contribution in [2.45, 2.75) is 35.4 Å². The van der Waals surface area contributed by atoms with Gasteiger partial charge in [0.2, 0.25) is 14.2 Å². The molecule has 0 aliphatic heterocycles. The van der Waals surface area contributed by atoms with Crippen LogP contribution in [0.15, 0.2) is 57.8 Å². The highest BCUT2D eigenvalue weighted by Crippen LogP contribution is 2.27. The third-order valence-corrected chi connectivity index (χ3v) is 9.44. The maximum atomic E-state index is 12.6. The van der Waals surface area contributed by atoms with Crippen LogP contribution in [0.2, 0.25) is 0 Å². The predicted octanol–water partition coefficient (Wildman–Crippen LogP) is 3.84. The van der Waals surface area contributed by atoms with E-state index in [1.807, 2.05) is 26.8 Å². The summed E-state index contributed by atoms with van der Waals surface area (Å²) in [5.41, 5.74) is 1.53. The van der Waals surface area contributed by atoms with Crippen LogP contribution in [-0.4, -0.2) is 33.3 Å². The van der Waals surface area contributed by atoms with E-state index in [0.29, 0.717) is 5.52 Å². The fourth-order valence-corrected chi connectivity index (χ4v) is 7.25. The lowest BCUT2D eigenvalue weighted by molar-refractivity contribution is 0.584. The Labute approximate surface area is 163 Å². The monoisotopic (exact) mass is 423 g/mol. The van der Waals surface area contributed by atoms with Crippen molar-refractivity contribution in [2.75, 3.05) is 11.5 Å². The molecule has 0 saturated carbocycles. The molecular formula is C19H21NO4S3. The molecular weight excluding hydrogens is 402 g/mol. The number of thiazole rings is 1. The standard InChI is InChI=1S/C19H21NO4S3/c1-19(2,3)14-8-10-15(11-9-14)26(21,22)12-13-27(23,24)18-20-16-6-4-5-7-17(16)25-18/h4-11H,12-13H2,1-3H3. The molecule has 1 aromatic heterocycles. The highest BCUT2D eigenvalue weighted by Gasteiger charge is 2.25. The molecule has 0 aliphatic carbocycles. The topological polar surface area (TPSA) is 81.2 Å². The molecule has 2 aromatic carbocycles. The average molecular weight is 424 g/mol. The summed E-state index contributed by atoms with van der Waals surface area (Å²) in [5.74, 6) is -0.962. The first kappa shape index (κ1) is 20.0. The second kappa shape index (κ2) is 7.00. The zero-order valence-electron chi connectivity index (χ0n) is 15.3. The molecule has 0 unspecified atom stereocenters. The van der Waals surface area contributed by atoms with E-state index >= 15 is 0 Å². The van der Waals surface area contributed by atoms with E-state index in [2.05, 4.69) is 4.98 Å². The van der Waals surface area contributed by atoms with Gasteiger partial charge >= 0.3 is 0 Å². The molecule has 27 heavy (non-hydrogen) atoms. The third-order valence-electron chi connectivity index (χ3n) is 4.24. The number of para-hydroxylation sites is 1. The van der Waals surface area contributed by atoms with Crippen molar-refractivity contribution < 1.29 is 16.8 Å². The van der Waals surface area contributed by atoms with E-state index in [1.165, 1.54) is 0 Å². The van der Waals surface area contributed by atoms with Crippen molar-refractivity contribution in [1.82, 2.24) is 4.98 Å². The van der Waals surface area contributed by atoms with Gasteiger partial charge in [-0.15, -0.1) is 11.3 Å².